The minimum absolute atomic E-state index is 0.0352. The molecular formula is C17H18N2O9S. The highest BCUT2D eigenvalue weighted by molar-refractivity contribution is 7.86. The van der Waals surface area contributed by atoms with Gasteiger partial charge in [0, 0.05) is 6.54 Å². The molecule has 2 rings (SSSR count). The fourth-order valence-electron chi connectivity index (χ4n) is 2.14. The van der Waals surface area contributed by atoms with Crippen molar-refractivity contribution in [2.75, 3.05) is 19.7 Å². The Morgan fingerprint density at radius 3 is 2.52 bits per heavy atom. The first-order valence-corrected chi connectivity index (χ1v) is 9.68. The average molecular weight is 426 g/mol. The van der Waals surface area contributed by atoms with Crippen LogP contribution in [-0.4, -0.2) is 50.3 Å². The Bertz CT molecular complexity index is 967. The van der Waals surface area contributed by atoms with Gasteiger partial charge in [0.1, 0.15) is 17.0 Å². The Morgan fingerprint density at radius 1 is 1.24 bits per heavy atom. The molecule has 1 amide bonds. The van der Waals surface area contributed by atoms with Gasteiger partial charge in [-0.25, -0.2) is 4.79 Å². The average Bonchev–Trinajstić information content (AvgIpc) is 3.15. The third-order valence-electron chi connectivity index (χ3n) is 3.63. The highest BCUT2D eigenvalue weighted by Crippen LogP contribution is 2.17. The Hall–Kier alpha value is -3.25. The van der Waals surface area contributed by atoms with Crippen LogP contribution in [0.4, 0.5) is 10.7 Å². The summed E-state index contributed by atoms with van der Waals surface area (Å²) in [4.78, 5) is 33.6. The number of carbonyl (C=O) groups is 2. The first kappa shape index (κ1) is 22.0. The molecule has 1 aromatic heterocycles. The number of hydrogen-bond acceptors (Lipinski definition) is 9. The maximum Gasteiger partial charge on any atom is 0.433 e. The molecule has 0 aliphatic rings. The number of rotatable bonds is 10. The number of nitrogens with zero attached hydrogens (tertiary/aromatic N) is 2. The van der Waals surface area contributed by atoms with E-state index >= 15 is 0 Å². The minimum atomic E-state index is -4.02. The number of nitro groups is 1. The second-order valence-corrected chi connectivity index (χ2v) is 7.37. The van der Waals surface area contributed by atoms with Gasteiger partial charge in [-0.05, 0) is 25.1 Å². The molecule has 0 unspecified atom stereocenters. The van der Waals surface area contributed by atoms with Crippen LogP contribution < -0.4 is 0 Å². The number of amides is 1. The molecule has 0 bridgehead atoms. The van der Waals surface area contributed by atoms with Gasteiger partial charge in [-0.15, -0.1) is 0 Å². The lowest BCUT2D eigenvalue weighted by molar-refractivity contribution is -0.402. The van der Waals surface area contributed by atoms with Crippen LogP contribution in [0.3, 0.4) is 0 Å². The second-order valence-electron chi connectivity index (χ2n) is 5.75. The first-order chi connectivity index (χ1) is 13.7. The van der Waals surface area contributed by atoms with Gasteiger partial charge in [-0.1, -0.05) is 17.7 Å². The summed E-state index contributed by atoms with van der Waals surface area (Å²) in [5.41, 5.74) is 0.880. The molecule has 156 valence electrons. The molecule has 0 fully saturated rings. The van der Waals surface area contributed by atoms with Gasteiger partial charge in [-0.2, -0.15) is 8.42 Å². The van der Waals surface area contributed by atoms with Crippen molar-refractivity contribution in [2.24, 2.45) is 0 Å². The van der Waals surface area contributed by atoms with E-state index in [0.29, 0.717) is 6.29 Å². The molecule has 2 aromatic rings. The number of hydrogen-bond donors (Lipinski definition) is 0. The number of aryl methyl sites for hydroxylation is 1. The molecule has 0 spiro atoms. The SMILES string of the molecule is Cc1ccc(S(=O)(=O)OCCN(CC=O)C(=O)OCc2ccc([N+](=O)[O-])o2)cc1. The van der Waals surface area contributed by atoms with Crippen molar-refractivity contribution in [3.05, 3.63) is 57.8 Å². The molecule has 0 N–H and O–H groups in total. The number of carbonyl (C=O) groups excluding carboxylic acids is 2. The van der Waals surface area contributed by atoms with Crippen molar-refractivity contribution in [3.63, 3.8) is 0 Å². The van der Waals surface area contributed by atoms with E-state index in [0.717, 1.165) is 16.5 Å². The van der Waals surface area contributed by atoms with E-state index in [-0.39, 0.29) is 23.7 Å². The van der Waals surface area contributed by atoms with Crippen LogP contribution >= 0.6 is 0 Å². The van der Waals surface area contributed by atoms with E-state index in [1.54, 1.807) is 19.1 Å². The van der Waals surface area contributed by atoms with E-state index < -0.39 is 40.2 Å². The zero-order chi connectivity index (χ0) is 21.4. The maximum atomic E-state index is 12.1. The summed E-state index contributed by atoms with van der Waals surface area (Å²) in [6.07, 6.45) is -0.500. The molecule has 0 aliphatic heterocycles. The van der Waals surface area contributed by atoms with Crippen LogP contribution in [0.2, 0.25) is 0 Å². The number of benzene rings is 1. The summed E-state index contributed by atoms with van der Waals surface area (Å²) < 4.78 is 38.9. The van der Waals surface area contributed by atoms with Crippen LogP contribution in [0.25, 0.3) is 0 Å². The van der Waals surface area contributed by atoms with Crippen LogP contribution in [0.1, 0.15) is 11.3 Å². The third kappa shape index (κ3) is 6.40. The quantitative estimate of drug-likeness (QED) is 0.241. The van der Waals surface area contributed by atoms with Crippen LogP contribution in [-0.2, 0) is 30.4 Å². The lowest BCUT2D eigenvalue weighted by Gasteiger charge is -2.19. The normalized spacial score (nSPS) is 11.1. The fraction of sp³-hybridized carbons (Fsp3) is 0.294. The number of aldehydes is 1. The second kappa shape index (κ2) is 9.80. The summed E-state index contributed by atoms with van der Waals surface area (Å²) in [7, 11) is -4.02. The molecule has 0 radical (unpaired) electrons. The lowest BCUT2D eigenvalue weighted by atomic mass is 10.2. The van der Waals surface area contributed by atoms with Crippen molar-refractivity contribution in [1.29, 1.82) is 0 Å². The molecule has 29 heavy (non-hydrogen) atoms. The highest BCUT2D eigenvalue weighted by Gasteiger charge is 2.20. The van der Waals surface area contributed by atoms with Crippen molar-refractivity contribution < 1.29 is 36.3 Å². The number of ether oxygens (including phenoxy) is 1. The number of furan rings is 1. The van der Waals surface area contributed by atoms with Gasteiger partial charge in [0.2, 0.25) is 0 Å². The fourth-order valence-corrected chi connectivity index (χ4v) is 3.04. The molecule has 0 saturated carbocycles. The molecule has 1 heterocycles. The van der Waals surface area contributed by atoms with Gasteiger partial charge in [0.25, 0.3) is 10.1 Å². The third-order valence-corrected chi connectivity index (χ3v) is 4.95. The molecular weight excluding hydrogens is 408 g/mol. The van der Waals surface area contributed by atoms with Crippen LogP contribution in [0.15, 0.2) is 45.7 Å². The van der Waals surface area contributed by atoms with Gasteiger partial charge < -0.3 is 13.9 Å². The van der Waals surface area contributed by atoms with Crippen LogP contribution in [0.5, 0.6) is 0 Å². The topological polar surface area (TPSA) is 146 Å². The standard InChI is InChI=1S/C17H18N2O9S/c1-13-2-5-15(6-3-13)29(24,25)27-11-9-18(8-10-20)17(21)26-12-14-4-7-16(28-14)19(22)23/h2-7,10H,8-9,11-12H2,1H3. The molecule has 0 saturated heterocycles. The van der Waals surface area contributed by atoms with Gasteiger partial charge in [0.15, 0.2) is 6.61 Å². The van der Waals surface area contributed by atoms with E-state index in [1.165, 1.54) is 18.2 Å². The van der Waals surface area contributed by atoms with E-state index in [9.17, 15) is 28.1 Å². The molecule has 0 atom stereocenters. The van der Waals surface area contributed by atoms with Gasteiger partial charge in [0.05, 0.1) is 24.1 Å². The van der Waals surface area contributed by atoms with E-state index in [4.69, 9.17) is 13.3 Å². The highest BCUT2D eigenvalue weighted by atomic mass is 32.2. The summed E-state index contributed by atoms with van der Waals surface area (Å²) in [5.74, 6) is -0.468. The van der Waals surface area contributed by atoms with E-state index in [2.05, 4.69) is 0 Å². The first-order valence-electron chi connectivity index (χ1n) is 8.27. The monoisotopic (exact) mass is 426 g/mol. The summed E-state index contributed by atoms with van der Waals surface area (Å²) in [6.45, 7) is 0.420. The predicted molar refractivity (Wildman–Crippen MR) is 97.5 cm³/mol. The summed E-state index contributed by atoms with van der Waals surface area (Å²) >= 11 is 0. The maximum absolute atomic E-state index is 12.1. The largest absolute Gasteiger partial charge is 0.441 e. The Balaban J connectivity index is 1.89. The van der Waals surface area contributed by atoms with E-state index in [1.807, 2.05) is 0 Å². The van der Waals surface area contributed by atoms with Crippen LogP contribution in [0, 0.1) is 17.0 Å². The summed E-state index contributed by atoms with van der Waals surface area (Å²) in [5, 5.41) is 10.6. The Kier molecular flexibility index (Phi) is 7.45. The molecule has 1 aromatic carbocycles. The lowest BCUT2D eigenvalue weighted by Crippen LogP contribution is -2.36. The van der Waals surface area contributed by atoms with Crippen molar-refractivity contribution in [1.82, 2.24) is 4.90 Å². The smallest absolute Gasteiger partial charge is 0.433 e. The predicted octanol–water partition coefficient (Wildman–Crippen LogP) is 2.04. The molecule has 12 heteroatoms. The van der Waals surface area contributed by atoms with Gasteiger partial charge >= 0.3 is 12.0 Å². The Morgan fingerprint density at radius 2 is 1.93 bits per heavy atom. The van der Waals surface area contributed by atoms with Crippen molar-refractivity contribution in [2.45, 2.75) is 18.4 Å². The van der Waals surface area contributed by atoms with Gasteiger partial charge in [-0.3, -0.25) is 19.2 Å². The Labute approximate surface area is 166 Å². The zero-order valence-electron chi connectivity index (χ0n) is 15.3. The minimum Gasteiger partial charge on any atom is -0.441 e. The van der Waals surface area contributed by atoms with Crippen molar-refractivity contribution in [3.8, 4) is 0 Å². The summed E-state index contributed by atoms with van der Waals surface area (Å²) in [6, 6.07) is 8.40. The van der Waals surface area contributed by atoms with Crippen molar-refractivity contribution >= 4 is 28.4 Å². The molecule has 11 nitrogen and oxygen atoms in total. The molecule has 0 aliphatic carbocycles. The zero-order valence-corrected chi connectivity index (χ0v) is 16.2.